The Morgan fingerprint density at radius 1 is 1.06 bits per heavy atom. The van der Waals surface area contributed by atoms with E-state index in [4.69, 9.17) is 0 Å². The van der Waals surface area contributed by atoms with E-state index in [1.165, 1.54) is 0 Å². The first kappa shape index (κ1) is 17.8. The van der Waals surface area contributed by atoms with Crippen LogP contribution in [-0.2, 0) is 0 Å². The fraction of sp³-hybridized carbons (Fsp3) is 0.909. The summed E-state index contributed by atoms with van der Waals surface area (Å²) in [5.74, 6) is 0. The van der Waals surface area contributed by atoms with E-state index in [1.807, 2.05) is 9.80 Å². The van der Waals surface area contributed by atoms with Crippen LogP contribution in [0, 0.1) is 0 Å². The van der Waals surface area contributed by atoms with Crippen molar-refractivity contribution in [1.29, 1.82) is 0 Å². The lowest BCUT2D eigenvalue weighted by atomic mass is 10.2. The molecule has 0 aromatic rings. The van der Waals surface area contributed by atoms with E-state index in [9.17, 15) is 4.79 Å². The average Bonchev–Trinajstić information content (AvgIpc) is 2.29. The largest absolute Gasteiger partial charge is 0.322 e. The highest BCUT2D eigenvalue weighted by molar-refractivity contribution is 5.85. The standard InChI is InChI=1S/C11H22N4O.2ClH/c1-10-9-15(4-3-12-10)11(16)14-7-5-13(2)6-8-14;;/h10,12H,3-9H2,1-2H3;2*1H/t10-;;/m1../s1. The number of piperazine rings is 2. The number of halogens is 2. The number of hydrogen-bond acceptors (Lipinski definition) is 3. The number of rotatable bonds is 0. The lowest BCUT2D eigenvalue weighted by Crippen LogP contribution is -2.57. The Morgan fingerprint density at radius 3 is 2.22 bits per heavy atom. The fourth-order valence-electron chi connectivity index (χ4n) is 2.30. The number of nitrogens with zero attached hydrogens (tertiary/aromatic N) is 3. The Balaban J connectivity index is 0.00000144. The van der Waals surface area contributed by atoms with Crippen LogP contribution >= 0.6 is 24.8 Å². The highest BCUT2D eigenvalue weighted by atomic mass is 35.5. The first-order valence-electron chi connectivity index (χ1n) is 6.12. The van der Waals surface area contributed by atoms with Crippen LogP contribution in [0.15, 0.2) is 0 Å². The number of hydrogen-bond donors (Lipinski definition) is 1. The first-order chi connectivity index (χ1) is 7.66. The zero-order valence-electron chi connectivity index (χ0n) is 11.1. The molecule has 0 bridgehead atoms. The molecule has 7 heteroatoms. The van der Waals surface area contributed by atoms with Crippen molar-refractivity contribution >= 4 is 30.8 Å². The van der Waals surface area contributed by atoms with Crippen LogP contribution in [0.3, 0.4) is 0 Å². The second-order valence-electron chi connectivity index (χ2n) is 4.87. The van der Waals surface area contributed by atoms with Crippen molar-refractivity contribution in [1.82, 2.24) is 20.0 Å². The molecule has 5 nitrogen and oxygen atoms in total. The van der Waals surface area contributed by atoms with Crippen LogP contribution in [-0.4, -0.2) is 79.6 Å². The lowest BCUT2D eigenvalue weighted by molar-refractivity contribution is 0.113. The maximum Gasteiger partial charge on any atom is 0.320 e. The van der Waals surface area contributed by atoms with E-state index in [0.29, 0.717) is 6.04 Å². The van der Waals surface area contributed by atoms with Gasteiger partial charge in [-0.15, -0.1) is 24.8 Å². The maximum atomic E-state index is 12.2. The molecular formula is C11H24Cl2N4O. The summed E-state index contributed by atoms with van der Waals surface area (Å²) in [5, 5.41) is 3.36. The Hall–Kier alpha value is -0.230. The van der Waals surface area contributed by atoms with Gasteiger partial charge in [-0.25, -0.2) is 4.79 Å². The van der Waals surface area contributed by atoms with Crippen molar-refractivity contribution < 1.29 is 4.79 Å². The Kier molecular flexibility index (Phi) is 7.94. The van der Waals surface area contributed by atoms with Crippen LogP contribution in [0.25, 0.3) is 0 Å². The molecule has 0 aromatic heterocycles. The van der Waals surface area contributed by atoms with Gasteiger partial charge in [-0.05, 0) is 14.0 Å². The van der Waals surface area contributed by atoms with Crippen LogP contribution in [0.5, 0.6) is 0 Å². The third kappa shape index (κ3) is 4.46. The predicted octanol–water partition coefficient (Wildman–Crippen LogP) is 0.491. The van der Waals surface area contributed by atoms with Gasteiger partial charge in [-0.2, -0.15) is 0 Å². The molecule has 2 saturated heterocycles. The van der Waals surface area contributed by atoms with Crippen molar-refractivity contribution in [3.05, 3.63) is 0 Å². The van der Waals surface area contributed by atoms with E-state index in [1.54, 1.807) is 0 Å². The second-order valence-corrected chi connectivity index (χ2v) is 4.87. The third-order valence-electron chi connectivity index (χ3n) is 3.41. The zero-order valence-corrected chi connectivity index (χ0v) is 12.7. The van der Waals surface area contributed by atoms with E-state index >= 15 is 0 Å². The Morgan fingerprint density at radius 2 is 1.67 bits per heavy atom. The highest BCUT2D eigenvalue weighted by Gasteiger charge is 2.26. The third-order valence-corrected chi connectivity index (χ3v) is 3.41. The number of amides is 2. The summed E-state index contributed by atoms with van der Waals surface area (Å²) in [7, 11) is 2.11. The molecule has 2 heterocycles. The molecule has 0 unspecified atom stereocenters. The summed E-state index contributed by atoms with van der Waals surface area (Å²) in [5.41, 5.74) is 0. The fourth-order valence-corrected chi connectivity index (χ4v) is 2.30. The minimum Gasteiger partial charge on any atom is -0.322 e. The molecule has 1 atom stereocenters. The zero-order chi connectivity index (χ0) is 11.5. The van der Waals surface area contributed by atoms with Gasteiger partial charge < -0.3 is 20.0 Å². The molecule has 0 aliphatic carbocycles. The molecule has 0 spiro atoms. The van der Waals surface area contributed by atoms with Crippen molar-refractivity contribution in [2.24, 2.45) is 0 Å². The molecular weight excluding hydrogens is 275 g/mol. The first-order valence-corrected chi connectivity index (χ1v) is 6.12. The lowest BCUT2D eigenvalue weighted by Gasteiger charge is -2.39. The topological polar surface area (TPSA) is 38.8 Å². The van der Waals surface area contributed by atoms with Crippen LogP contribution in [0.2, 0.25) is 0 Å². The Bertz CT molecular complexity index is 259. The van der Waals surface area contributed by atoms with Gasteiger partial charge in [0.25, 0.3) is 0 Å². The predicted molar refractivity (Wildman–Crippen MR) is 78.0 cm³/mol. The molecule has 0 radical (unpaired) electrons. The Labute approximate surface area is 122 Å². The summed E-state index contributed by atoms with van der Waals surface area (Å²) in [4.78, 5) is 18.4. The van der Waals surface area contributed by atoms with Gasteiger partial charge >= 0.3 is 6.03 Å². The molecule has 2 aliphatic heterocycles. The quantitative estimate of drug-likeness (QED) is 0.707. The summed E-state index contributed by atoms with van der Waals surface area (Å²) in [6, 6.07) is 0.645. The molecule has 0 aromatic carbocycles. The van der Waals surface area contributed by atoms with Gasteiger partial charge in [0, 0.05) is 51.9 Å². The van der Waals surface area contributed by atoms with Crippen molar-refractivity contribution in [3.63, 3.8) is 0 Å². The highest BCUT2D eigenvalue weighted by Crippen LogP contribution is 2.07. The molecule has 0 saturated carbocycles. The van der Waals surface area contributed by atoms with Crippen LogP contribution in [0.4, 0.5) is 4.79 Å². The molecule has 2 fully saturated rings. The van der Waals surface area contributed by atoms with Crippen LogP contribution in [0.1, 0.15) is 6.92 Å². The normalized spacial score (nSPS) is 25.1. The van der Waals surface area contributed by atoms with Crippen molar-refractivity contribution in [2.45, 2.75) is 13.0 Å². The summed E-state index contributed by atoms with van der Waals surface area (Å²) >= 11 is 0. The molecule has 18 heavy (non-hydrogen) atoms. The summed E-state index contributed by atoms with van der Waals surface area (Å²) in [6.07, 6.45) is 0. The SMILES string of the molecule is C[C@@H]1CN(C(=O)N2CCN(C)CC2)CCN1.Cl.Cl. The number of carbonyl (C=O) groups excluding carboxylic acids is 1. The van der Waals surface area contributed by atoms with Crippen molar-refractivity contribution in [3.8, 4) is 0 Å². The van der Waals surface area contributed by atoms with E-state index in [0.717, 1.165) is 45.8 Å². The molecule has 108 valence electrons. The van der Waals surface area contributed by atoms with Gasteiger partial charge in [0.1, 0.15) is 0 Å². The maximum absolute atomic E-state index is 12.2. The number of urea groups is 1. The van der Waals surface area contributed by atoms with E-state index in [2.05, 4.69) is 24.2 Å². The molecule has 2 amide bonds. The number of nitrogens with one attached hydrogen (secondary N) is 1. The summed E-state index contributed by atoms with van der Waals surface area (Å²) < 4.78 is 0. The van der Waals surface area contributed by atoms with Crippen LogP contribution < -0.4 is 5.32 Å². The van der Waals surface area contributed by atoms with E-state index in [-0.39, 0.29) is 30.8 Å². The minimum atomic E-state index is 0. The molecule has 2 rings (SSSR count). The minimum absolute atomic E-state index is 0. The van der Waals surface area contributed by atoms with Gasteiger partial charge in [0.2, 0.25) is 0 Å². The number of carbonyl (C=O) groups is 1. The second kappa shape index (κ2) is 8.04. The summed E-state index contributed by atoms with van der Waals surface area (Å²) in [6.45, 7) is 8.45. The molecule has 2 aliphatic rings. The van der Waals surface area contributed by atoms with Crippen molar-refractivity contribution in [2.75, 3.05) is 52.9 Å². The van der Waals surface area contributed by atoms with E-state index < -0.39 is 0 Å². The van der Waals surface area contributed by atoms with Gasteiger partial charge in [0.15, 0.2) is 0 Å². The average molecular weight is 299 g/mol. The monoisotopic (exact) mass is 298 g/mol. The number of likely N-dealkylation sites (N-methyl/N-ethyl adjacent to an activating group) is 1. The van der Waals surface area contributed by atoms with Gasteiger partial charge in [-0.1, -0.05) is 0 Å². The van der Waals surface area contributed by atoms with Gasteiger partial charge in [0.05, 0.1) is 0 Å². The van der Waals surface area contributed by atoms with Gasteiger partial charge in [-0.3, -0.25) is 0 Å². The smallest absolute Gasteiger partial charge is 0.320 e. The molecule has 1 N–H and O–H groups in total.